The molecule has 0 saturated carbocycles. The van der Waals surface area contributed by atoms with Crippen molar-refractivity contribution in [2.45, 2.75) is 12.8 Å². The lowest BCUT2D eigenvalue weighted by Crippen LogP contribution is -2.50. The molecular formula is C12H18N2O2. The number of likely N-dealkylation sites (N-methyl/N-ethyl adjacent to an activating group) is 2. The first-order valence-corrected chi connectivity index (χ1v) is 5.76. The first-order chi connectivity index (χ1) is 7.61. The molecule has 0 unspecified atom stereocenters. The number of rotatable bonds is 0. The summed E-state index contributed by atoms with van der Waals surface area (Å²) in [6.45, 7) is 1.27. The van der Waals surface area contributed by atoms with Crippen LogP contribution in [-0.4, -0.2) is 48.8 Å². The molecule has 88 valence electrons. The van der Waals surface area contributed by atoms with E-state index in [2.05, 4.69) is 0 Å². The Kier molecular flexibility index (Phi) is 2.99. The molecule has 16 heavy (non-hydrogen) atoms. The molecule has 2 aliphatic rings. The number of carbonyl (C=O) groups is 2. The summed E-state index contributed by atoms with van der Waals surface area (Å²) in [6, 6.07) is 0. The predicted molar refractivity (Wildman–Crippen MR) is 60.6 cm³/mol. The van der Waals surface area contributed by atoms with Gasteiger partial charge in [-0.15, -0.1) is 0 Å². The number of hydrogen-bond donors (Lipinski definition) is 0. The summed E-state index contributed by atoms with van der Waals surface area (Å²) in [5.74, 6) is -0.0536. The number of carbonyl (C=O) groups excluding carboxylic acids is 2. The SMILES string of the molecule is CN1CCN(C)C(=O)[C@@H]2CC=CC[C@@H]2C1=O. The van der Waals surface area contributed by atoms with E-state index in [0.29, 0.717) is 25.9 Å². The maximum Gasteiger partial charge on any atom is 0.226 e. The summed E-state index contributed by atoms with van der Waals surface area (Å²) < 4.78 is 0. The van der Waals surface area contributed by atoms with Gasteiger partial charge in [-0.25, -0.2) is 0 Å². The Bertz CT molecular complexity index is 306. The van der Waals surface area contributed by atoms with Crippen molar-refractivity contribution in [2.75, 3.05) is 27.2 Å². The molecule has 0 spiro atoms. The molecule has 0 aromatic heterocycles. The van der Waals surface area contributed by atoms with Gasteiger partial charge in [0.1, 0.15) is 0 Å². The lowest BCUT2D eigenvalue weighted by atomic mass is 9.80. The summed E-state index contributed by atoms with van der Waals surface area (Å²) >= 11 is 0. The van der Waals surface area contributed by atoms with Crippen LogP contribution in [0, 0.1) is 11.8 Å². The van der Waals surface area contributed by atoms with E-state index in [9.17, 15) is 9.59 Å². The molecule has 2 rings (SSSR count). The normalized spacial score (nSPS) is 31.1. The molecule has 4 heteroatoms. The molecular weight excluding hydrogens is 204 g/mol. The highest BCUT2D eigenvalue weighted by Gasteiger charge is 2.38. The van der Waals surface area contributed by atoms with Gasteiger partial charge in [-0.1, -0.05) is 12.2 Å². The van der Waals surface area contributed by atoms with Gasteiger partial charge in [0.15, 0.2) is 0 Å². The molecule has 0 N–H and O–H groups in total. The van der Waals surface area contributed by atoms with Crippen molar-refractivity contribution in [3.63, 3.8) is 0 Å². The van der Waals surface area contributed by atoms with E-state index in [4.69, 9.17) is 0 Å². The van der Waals surface area contributed by atoms with Gasteiger partial charge in [0, 0.05) is 27.2 Å². The average Bonchev–Trinajstić information content (AvgIpc) is 2.32. The van der Waals surface area contributed by atoms with Gasteiger partial charge in [-0.3, -0.25) is 9.59 Å². The Morgan fingerprint density at radius 1 is 0.938 bits per heavy atom. The highest BCUT2D eigenvalue weighted by molar-refractivity contribution is 5.88. The molecule has 4 nitrogen and oxygen atoms in total. The first kappa shape index (κ1) is 11.2. The van der Waals surface area contributed by atoms with Crippen LogP contribution in [0.3, 0.4) is 0 Å². The van der Waals surface area contributed by atoms with E-state index in [0.717, 1.165) is 0 Å². The van der Waals surface area contributed by atoms with Crippen molar-refractivity contribution in [1.82, 2.24) is 9.80 Å². The fourth-order valence-electron chi connectivity index (χ4n) is 2.45. The summed E-state index contributed by atoms with van der Waals surface area (Å²) in [5.41, 5.74) is 0. The first-order valence-electron chi connectivity index (χ1n) is 5.76. The second-order valence-electron chi connectivity index (χ2n) is 4.68. The maximum atomic E-state index is 12.1. The van der Waals surface area contributed by atoms with Crippen molar-refractivity contribution in [2.24, 2.45) is 11.8 Å². The van der Waals surface area contributed by atoms with E-state index in [-0.39, 0.29) is 23.7 Å². The van der Waals surface area contributed by atoms with Crippen LogP contribution in [-0.2, 0) is 9.59 Å². The predicted octanol–water partition coefficient (Wildman–Crippen LogP) is 0.499. The fraction of sp³-hybridized carbons (Fsp3) is 0.667. The molecule has 2 amide bonds. The lowest BCUT2D eigenvalue weighted by molar-refractivity contribution is -0.148. The van der Waals surface area contributed by atoms with E-state index >= 15 is 0 Å². The Morgan fingerprint density at radius 2 is 1.31 bits per heavy atom. The topological polar surface area (TPSA) is 40.6 Å². The maximum absolute atomic E-state index is 12.1. The molecule has 1 heterocycles. The van der Waals surface area contributed by atoms with Crippen LogP contribution in [0.25, 0.3) is 0 Å². The van der Waals surface area contributed by atoms with Crippen molar-refractivity contribution < 1.29 is 9.59 Å². The second-order valence-corrected chi connectivity index (χ2v) is 4.68. The van der Waals surface area contributed by atoms with Gasteiger partial charge >= 0.3 is 0 Å². The molecule has 1 fully saturated rings. The van der Waals surface area contributed by atoms with Crippen LogP contribution in [0.2, 0.25) is 0 Å². The van der Waals surface area contributed by atoms with Gasteiger partial charge in [0.2, 0.25) is 11.8 Å². The lowest BCUT2D eigenvalue weighted by Gasteiger charge is -2.36. The number of amides is 2. The van der Waals surface area contributed by atoms with Crippen molar-refractivity contribution in [3.05, 3.63) is 12.2 Å². The van der Waals surface area contributed by atoms with Gasteiger partial charge in [0.25, 0.3) is 0 Å². The number of nitrogens with zero attached hydrogens (tertiary/aromatic N) is 2. The largest absolute Gasteiger partial charge is 0.344 e. The van der Waals surface area contributed by atoms with Crippen LogP contribution < -0.4 is 0 Å². The van der Waals surface area contributed by atoms with Gasteiger partial charge in [-0.2, -0.15) is 0 Å². The second kappa shape index (κ2) is 4.28. The van der Waals surface area contributed by atoms with Gasteiger partial charge in [-0.05, 0) is 12.8 Å². The number of allylic oxidation sites excluding steroid dienone is 2. The number of fused-ring (bicyclic) bond motifs is 1. The van der Waals surface area contributed by atoms with Crippen molar-refractivity contribution in [1.29, 1.82) is 0 Å². The summed E-state index contributed by atoms with van der Waals surface area (Å²) in [5, 5.41) is 0. The third kappa shape index (κ3) is 1.84. The Hall–Kier alpha value is -1.32. The van der Waals surface area contributed by atoms with E-state index in [1.165, 1.54) is 0 Å². The monoisotopic (exact) mass is 222 g/mol. The smallest absolute Gasteiger partial charge is 0.226 e. The van der Waals surface area contributed by atoms with Crippen molar-refractivity contribution >= 4 is 11.8 Å². The van der Waals surface area contributed by atoms with Crippen LogP contribution in [0.5, 0.6) is 0 Å². The van der Waals surface area contributed by atoms with Crippen LogP contribution >= 0.6 is 0 Å². The van der Waals surface area contributed by atoms with Gasteiger partial charge < -0.3 is 9.80 Å². The quantitative estimate of drug-likeness (QED) is 0.560. The molecule has 0 aromatic rings. The van der Waals surface area contributed by atoms with Crippen LogP contribution in [0.1, 0.15) is 12.8 Å². The molecule has 0 aromatic carbocycles. The molecule has 1 aliphatic carbocycles. The highest BCUT2D eigenvalue weighted by atomic mass is 16.2. The standard InChI is InChI=1S/C12H18N2O2/c1-13-7-8-14(2)12(16)10-6-4-3-5-9(10)11(13)15/h3-4,9-10H,5-8H2,1-2H3/t9-,10+. The van der Waals surface area contributed by atoms with E-state index in [1.807, 2.05) is 26.2 Å². The molecule has 1 saturated heterocycles. The zero-order chi connectivity index (χ0) is 11.7. The third-order valence-corrected chi connectivity index (χ3v) is 3.59. The van der Waals surface area contributed by atoms with Crippen molar-refractivity contribution in [3.8, 4) is 0 Å². The van der Waals surface area contributed by atoms with Crippen LogP contribution in [0.4, 0.5) is 0 Å². The summed E-state index contributed by atoms with van der Waals surface area (Å²) in [6.07, 6.45) is 5.43. The minimum atomic E-state index is -0.148. The number of hydrogen-bond acceptors (Lipinski definition) is 2. The average molecular weight is 222 g/mol. The third-order valence-electron chi connectivity index (χ3n) is 3.59. The Balaban J connectivity index is 2.28. The van der Waals surface area contributed by atoms with Crippen LogP contribution in [0.15, 0.2) is 12.2 Å². The fourth-order valence-corrected chi connectivity index (χ4v) is 2.45. The minimum Gasteiger partial charge on any atom is -0.344 e. The molecule has 0 radical (unpaired) electrons. The zero-order valence-corrected chi connectivity index (χ0v) is 9.85. The molecule has 1 aliphatic heterocycles. The zero-order valence-electron chi connectivity index (χ0n) is 9.85. The summed E-state index contributed by atoms with van der Waals surface area (Å²) in [7, 11) is 3.64. The van der Waals surface area contributed by atoms with Gasteiger partial charge in [0.05, 0.1) is 11.8 Å². The Morgan fingerprint density at radius 3 is 1.69 bits per heavy atom. The summed E-state index contributed by atoms with van der Waals surface area (Å²) in [4.78, 5) is 27.7. The molecule has 0 bridgehead atoms. The minimum absolute atomic E-state index is 0.121. The highest BCUT2D eigenvalue weighted by Crippen LogP contribution is 2.29. The van der Waals surface area contributed by atoms with E-state index < -0.39 is 0 Å². The molecule has 2 atom stereocenters. The Labute approximate surface area is 95.9 Å². The van der Waals surface area contributed by atoms with E-state index in [1.54, 1.807) is 9.80 Å².